The van der Waals surface area contributed by atoms with Gasteiger partial charge in [-0.2, -0.15) is 0 Å². The van der Waals surface area contributed by atoms with Crippen molar-refractivity contribution in [3.63, 3.8) is 0 Å². The number of hydrogen-bond acceptors (Lipinski definition) is 6. The number of carboxylic acids is 1. The summed E-state index contributed by atoms with van der Waals surface area (Å²) >= 11 is 0. The van der Waals surface area contributed by atoms with E-state index in [1.54, 1.807) is 47.3 Å². The molecule has 0 bridgehead atoms. The molecule has 192 valence electrons. The molecule has 0 amide bonds. The molecule has 0 aliphatic carbocycles. The second kappa shape index (κ2) is 10.2. The monoisotopic (exact) mass is 512 g/mol. The molecule has 0 unspecified atom stereocenters. The zero-order valence-corrected chi connectivity index (χ0v) is 21.1. The minimum Gasteiger partial charge on any atom is -0.482 e. The summed E-state index contributed by atoms with van der Waals surface area (Å²) in [5.41, 5.74) is 6.12. The summed E-state index contributed by atoms with van der Waals surface area (Å²) in [6.45, 7) is 5.28. The largest absolute Gasteiger partial charge is 0.482 e. The summed E-state index contributed by atoms with van der Waals surface area (Å²) in [7, 11) is 0. The molecule has 0 atom stereocenters. The topological polar surface area (TPSA) is 93.6 Å². The van der Waals surface area contributed by atoms with Crippen LogP contribution in [0, 0.1) is 26.6 Å². The molecule has 0 saturated carbocycles. The molecule has 2 aromatic heterocycles. The molecule has 3 aromatic carbocycles. The lowest BCUT2D eigenvalue weighted by molar-refractivity contribution is -0.139. The van der Waals surface area contributed by atoms with Gasteiger partial charge in [-0.15, -0.1) is 0 Å². The molecule has 0 saturated heterocycles. The van der Waals surface area contributed by atoms with Crippen molar-refractivity contribution in [1.82, 2.24) is 14.7 Å². The highest BCUT2D eigenvalue weighted by atomic mass is 19.1. The van der Waals surface area contributed by atoms with Crippen LogP contribution in [0.1, 0.15) is 17.0 Å². The lowest BCUT2D eigenvalue weighted by Gasteiger charge is -2.28. The fourth-order valence-electron chi connectivity index (χ4n) is 4.43. The molecule has 2 heterocycles. The summed E-state index contributed by atoms with van der Waals surface area (Å²) in [5.74, 6) is -0.367. The van der Waals surface area contributed by atoms with Gasteiger partial charge < -0.3 is 23.8 Å². The number of ether oxygens (including phenoxy) is 1. The fraction of sp³-hybridized carbons (Fsp3) is 0.138. The summed E-state index contributed by atoms with van der Waals surface area (Å²) in [6, 6.07) is 18.0. The molecule has 0 fully saturated rings. The molecular formula is C29H25FN4O4. The van der Waals surface area contributed by atoms with Crippen LogP contribution in [0.5, 0.6) is 5.75 Å². The Morgan fingerprint density at radius 1 is 1.08 bits per heavy atom. The number of aliphatic carboxylic acids is 1. The predicted octanol–water partition coefficient (Wildman–Crippen LogP) is 6.52. The van der Waals surface area contributed by atoms with Crippen molar-refractivity contribution in [1.29, 1.82) is 0 Å². The number of nitrogens with zero attached hydrogens (tertiary/aromatic N) is 4. The van der Waals surface area contributed by atoms with Crippen LogP contribution in [0.4, 0.5) is 21.5 Å². The molecule has 1 N–H and O–H groups in total. The highest BCUT2D eigenvalue weighted by Gasteiger charge is 2.20. The van der Waals surface area contributed by atoms with Crippen molar-refractivity contribution < 1.29 is 23.6 Å². The average Bonchev–Trinajstić information content (AvgIpc) is 3.55. The highest BCUT2D eigenvalue weighted by Crippen LogP contribution is 2.41. The van der Waals surface area contributed by atoms with E-state index in [-0.39, 0.29) is 0 Å². The molecule has 38 heavy (non-hydrogen) atoms. The maximum Gasteiger partial charge on any atom is 0.341 e. The van der Waals surface area contributed by atoms with Gasteiger partial charge in [0.25, 0.3) is 0 Å². The zero-order chi connectivity index (χ0) is 26.8. The third kappa shape index (κ3) is 4.86. The molecule has 5 rings (SSSR count). The van der Waals surface area contributed by atoms with E-state index in [1.165, 1.54) is 12.4 Å². The van der Waals surface area contributed by atoms with E-state index < -0.39 is 18.4 Å². The van der Waals surface area contributed by atoms with E-state index in [0.717, 1.165) is 28.1 Å². The molecular weight excluding hydrogens is 487 g/mol. The van der Waals surface area contributed by atoms with Gasteiger partial charge in [0.05, 0.1) is 17.7 Å². The number of carbonyl (C=O) groups is 1. The van der Waals surface area contributed by atoms with E-state index in [1.807, 2.05) is 49.9 Å². The van der Waals surface area contributed by atoms with Gasteiger partial charge in [-0.25, -0.2) is 14.2 Å². The van der Waals surface area contributed by atoms with Gasteiger partial charge in [0.2, 0.25) is 0 Å². The van der Waals surface area contributed by atoms with Crippen LogP contribution in [0.2, 0.25) is 0 Å². The Kier molecular flexibility index (Phi) is 6.66. The van der Waals surface area contributed by atoms with Crippen LogP contribution in [0.3, 0.4) is 0 Å². The quantitative estimate of drug-likeness (QED) is 0.253. The van der Waals surface area contributed by atoms with Crippen molar-refractivity contribution >= 4 is 23.0 Å². The summed E-state index contributed by atoms with van der Waals surface area (Å²) < 4.78 is 27.4. The van der Waals surface area contributed by atoms with E-state index >= 15 is 0 Å². The average molecular weight is 513 g/mol. The SMILES string of the molecule is Cc1ccc(-c2c(C)noc2C)cc1N(c1cccc(OCC(=O)O)c1)c1ccc(F)c(-n2ccnc2)c1. The van der Waals surface area contributed by atoms with E-state index in [4.69, 9.17) is 14.4 Å². The lowest BCUT2D eigenvalue weighted by atomic mass is 10.00. The Morgan fingerprint density at radius 2 is 1.89 bits per heavy atom. The first-order chi connectivity index (χ1) is 18.3. The predicted molar refractivity (Wildman–Crippen MR) is 141 cm³/mol. The van der Waals surface area contributed by atoms with E-state index in [9.17, 15) is 9.18 Å². The first kappa shape index (κ1) is 24.8. The minimum atomic E-state index is -1.07. The molecule has 9 heteroatoms. The van der Waals surface area contributed by atoms with Crippen LogP contribution >= 0.6 is 0 Å². The van der Waals surface area contributed by atoms with Gasteiger partial charge in [-0.1, -0.05) is 23.4 Å². The molecule has 5 aromatic rings. The fourth-order valence-corrected chi connectivity index (χ4v) is 4.43. The third-order valence-electron chi connectivity index (χ3n) is 6.18. The molecule has 0 aliphatic rings. The normalized spacial score (nSPS) is 10.9. The summed E-state index contributed by atoms with van der Waals surface area (Å²) in [4.78, 5) is 17.1. The maximum absolute atomic E-state index is 14.9. The number of aromatic nitrogens is 3. The van der Waals surface area contributed by atoms with Gasteiger partial charge >= 0.3 is 5.97 Å². The van der Waals surface area contributed by atoms with Crippen LogP contribution in [0.25, 0.3) is 16.8 Å². The molecule has 8 nitrogen and oxygen atoms in total. The standard InChI is InChI=1S/C29H25FN4O4/c1-18-7-8-21(29-19(2)32-38-20(29)3)13-26(18)34(22-5-4-6-24(14-22)37-16-28(35)36)23-9-10-25(30)27(15-23)33-12-11-31-17-33/h4-15,17H,16H2,1-3H3,(H,35,36). The van der Waals surface area contributed by atoms with Gasteiger partial charge in [0.1, 0.15) is 17.3 Å². The summed E-state index contributed by atoms with van der Waals surface area (Å²) in [6.07, 6.45) is 4.80. The van der Waals surface area contributed by atoms with Crippen LogP contribution < -0.4 is 9.64 Å². The minimum absolute atomic E-state index is 0.336. The van der Waals surface area contributed by atoms with Crippen molar-refractivity contribution in [2.45, 2.75) is 20.8 Å². The number of aryl methyl sites for hydroxylation is 3. The second-order valence-electron chi connectivity index (χ2n) is 8.82. The van der Waals surface area contributed by atoms with E-state index in [0.29, 0.717) is 28.6 Å². The van der Waals surface area contributed by atoms with Gasteiger partial charge in [-0.05, 0) is 68.3 Å². The lowest BCUT2D eigenvalue weighted by Crippen LogP contribution is -2.13. The Labute approximate surface area is 218 Å². The number of imidazole rings is 1. The van der Waals surface area contributed by atoms with E-state index in [2.05, 4.69) is 10.1 Å². The van der Waals surface area contributed by atoms with Crippen LogP contribution in [-0.2, 0) is 4.79 Å². The van der Waals surface area contributed by atoms with Crippen molar-refractivity contribution in [3.05, 3.63) is 102 Å². The Morgan fingerprint density at radius 3 is 2.61 bits per heavy atom. The Bertz CT molecular complexity index is 1590. The van der Waals surface area contributed by atoms with Crippen molar-refractivity contribution in [2.75, 3.05) is 11.5 Å². The first-order valence-electron chi connectivity index (χ1n) is 11.9. The second-order valence-corrected chi connectivity index (χ2v) is 8.82. The number of anilines is 3. The van der Waals surface area contributed by atoms with Crippen LogP contribution in [-0.4, -0.2) is 32.4 Å². The van der Waals surface area contributed by atoms with Gasteiger partial charge in [0, 0.05) is 41.1 Å². The number of benzene rings is 3. The maximum atomic E-state index is 14.9. The smallest absolute Gasteiger partial charge is 0.341 e. The Balaban J connectivity index is 1.70. The number of halogens is 1. The highest BCUT2D eigenvalue weighted by molar-refractivity contribution is 5.83. The number of hydrogen-bond donors (Lipinski definition) is 1. The van der Waals surface area contributed by atoms with Crippen molar-refractivity contribution in [2.24, 2.45) is 0 Å². The molecule has 0 spiro atoms. The third-order valence-corrected chi connectivity index (χ3v) is 6.18. The first-order valence-corrected chi connectivity index (χ1v) is 11.9. The van der Waals surface area contributed by atoms with Gasteiger partial charge in [0.15, 0.2) is 6.61 Å². The number of carboxylic acid groups (broad SMARTS) is 1. The number of rotatable bonds is 8. The molecule has 0 radical (unpaired) electrons. The summed E-state index contributed by atoms with van der Waals surface area (Å²) in [5, 5.41) is 13.2. The van der Waals surface area contributed by atoms with Gasteiger partial charge in [-0.3, -0.25) is 0 Å². The van der Waals surface area contributed by atoms with Crippen LogP contribution in [0.15, 0.2) is 83.9 Å². The Hall–Kier alpha value is -4.92. The van der Waals surface area contributed by atoms with Crippen molar-refractivity contribution in [3.8, 4) is 22.6 Å². The zero-order valence-electron chi connectivity index (χ0n) is 21.1. The molecule has 0 aliphatic heterocycles.